The molecule has 1 saturated heterocycles. The van der Waals surface area contributed by atoms with Gasteiger partial charge in [-0.25, -0.2) is 5.01 Å². The van der Waals surface area contributed by atoms with Gasteiger partial charge < -0.3 is 4.74 Å². The molecule has 1 aliphatic heterocycles. The normalized spacial score (nSPS) is 32.3. The van der Waals surface area contributed by atoms with E-state index in [0.717, 1.165) is 19.4 Å². The molecule has 0 saturated carbocycles. The Labute approximate surface area is 66.3 Å². The highest BCUT2D eigenvalue weighted by Crippen LogP contribution is 2.26. The molecule has 2 N–H and O–H groups in total. The Balaban J connectivity index is 2.72. The lowest BCUT2D eigenvalue weighted by molar-refractivity contribution is -0.152. The first kappa shape index (κ1) is 8.49. The van der Waals surface area contributed by atoms with E-state index < -0.39 is 5.54 Å². The van der Waals surface area contributed by atoms with E-state index in [1.54, 1.807) is 5.01 Å². The van der Waals surface area contributed by atoms with E-state index in [4.69, 9.17) is 5.84 Å². The molecule has 0 aromatic heterocycles. The highest BCUT2D eigenvalue weighted by molar-refractivity contribution is 5.80. The molecule has 11 heavy (non-hydrogen) atoms. The number of hydrogen-bond acceptors (Lipinski definition) is 4. The minimum Gasteiger partial charge on any atom is -0.468 e. The lowest BCUT2D eigenvalue weighted by atomic mass is 10.0. The van der Waals surface area contributed by atoms with Gasteiger partial charge in [-0.15, -0.1) is 0 Å². The quantitative estimate of drug-likeness (QED) is 0.427. The van der Waals surface area contributed by atoms with Gasteiger partial charge in [-0.1, -0.05) is 0 Å². The van der Waals surface area contributed by atoms with Crippen LogP contribution >= 0.6 is 0 Å². The fourth-order valence-electron chi connectivity index (χ4n) is 1.42. The van der Waals surface area contributed by atoms with Gasteiger partial charge in [-0.2, -0.15) is 0 Å². The van der Waals surface area contributed by atoms with Crippen LogP contribution < -0.4 is 5.84 Å². The summed E-state index contributed by atoms with van der Waals surface area (Å²) in [6, 6.07) is 0. The van der Waals surface area contributed by atoms with E-state index in [9.17, 15) is 4.79 Å². The van der Waals surface area contributed by atoms with E-state index in [0.29, 0.717) is 0 Å². The summed E-state index contributed by atoms with van der Waals surface area (Å²) in [6.45, 7) is 2.58. The van der Waals surface area contributed by atoms with Crippen molar-refractivity contribution in [1.82, 2.24) is 5.01 Å². The zero-order valence-corrected chi connectivity index (χ0v) is 6.96. The van der Waals surface area contributed by atoms with E-state index in [-0.39, 0.29) is 5.97 Å². The van der Waals surface area contributed by atoms with Crippen molar-refractivity contribution in [3.63, 3.8) is 0 Å². The molecule has 0 spiro atoms. The summed E-state index contributed by atoms with van der Waals surface area (Å²) < 4.78 is 4.65. The van der Waals surface area contributed by atoms with Gasteiger partial charge in [0.15, 0.2) is 0 Å². The summed E-state index contributed by atoms with van der Waals surface area (Å²) in [7, 11) is 1.39. The number of carbonyl (C=O) groups excluding carboxylic acids is 1. The molecule has 1 aliphatic rings. The van der Waals surface area contributed by atoms with Crippen LogP contribution in [0.25, 0.3) is 0 Å². The standard InChI is InChI=1S/C7H14N2O2/c1-7(6(10)11-2)4-3-5-9(7)8/h3-5,8H2,1-2H3. The minimum absolute atomic E-state index is 0.238. The second-order valence-electron chi connectivity index (χ2n) is 3.06. The van der Waals surface area contributed by atoms with Gasteiger partial charge in [0, 0.05) is 6.54 Å². The van der Waals surface area contributed by atoms with Crippen molar-refractivity contribution < 1.29 is 9.53 Å². The molecule has 1 fully saturated rings. The molecule has 0 bridgehead atoms. The van der Waals surface area contributed by atoms with E-state index in [1.807, 2.05) is 6.92 Å². The van der Waals surface area contributed by atoms with Gasteiger partial charge in [-0.05, 0) is 19.8 Å². The van der Waals surface area contributed by atoms with Crippen LogP contribution in [0.4, 0.5) is 0 Å². The Morgan fingerprint density at radius 2 is 2.36 bits per heavy atom. The van der Waals surface area contributed by atoms with Crippen molar-refractivity contribution in [2.75, 3.05) is 13.7 Å². The van der Waals surface area contributed by atoms with Crippen LogP contribution in [0.2, 0.25) is 0 Å². The van der Waals surface area contributed by atoms with Gasteiger partial charge in [-0.3, -0.25) is 10.6 Å². The first-order chi connectivity index (χ1) is 5.11. The van der Waals surface area contributed by atoms with Crippen LogP contribution in [0.3, 0.4) is 0 Å². The van der Waals surface area contributed by atoms with Crippen molar-refractivity contribution in [2.24, 2.45) is 5.84 Å². The van der Waals surface area contributed by atoms with Crippen LogP contribution in [-0.4, -0.2) is 30.2 Å². The third kappa shape index (κ3) is 1.23. The second-order valence-corrected chi connectivity index (χ2v) is 3.06. The fourth-order valence-corrected chi connectivity index (χ4v) is 1.42. The number of nitrogens with zero attached hydrogens (tertiary/aromatic N) is 1. The predicted molar refractivity (Wildman–Crippen MR) is 40.5 cm³/mol. The number of rotatable bonds is 1. The molecule has 4 heteroatoms. The minimum atomic E-state index is -0.589. The van der Waals surface area contributed by atoms with Crippen molar-refractivity contribution in [1.29, 1.82) is 0 Å². The zero-order chi connectivity index (χ0) is 8.48. The molecule has 0 aromatic rings. The Morgan fingerprint density at radius 1 is 1.73 bits per heavy atom. The van der Waals surface area contributed by atoms with Crippen LogP contribution in [0.1, 0.15) is 19.8 Å². The van der Waals surface area contributed by atoms with Crippen molar-refractivity contribution >= 4 is 5.97 Å². The second kappa shape index (κ2) is 2.79. The SMILES string of the molecule is COC(=O)C1(C)CCCN1N. The van der Waals surface area contributed by atoms with Crippen LogP contribution in [0.15, 0.2) is 0 Å². The van der Waals surface area contributed by atoms with Crippen LogP contribution in [0, 0.1) is 0 Å². The van der Waals surface area contributed by atoms with Gasteiger partial charge in [0.25, 0.3) is 0 Å². The van der Waals surface area contributed by atoms with E-state index >= 15 is 0 Å². The highest BCUT2D eigenvalue weighted by Gasteiger charge is 2.42. The third-order valence-electron chi connectivity index (χ3n) is 2.32. The number of hydrogen-bond donors (Lipinski definition) is 1. The molecule has 1 heterocycles. The number of nitrogens with two attached hydrogens (primary N) is 1. The first-order valence-corrected chi connectivity index (χ1v) is 3.72. The number of carbonyl (C=O) groups is 1. The van der Waals surface area contributed by atoms with Gasteiger partial charge in [0.1, 0.15) is 5.54 Å². The van der Waals surface area contributed by atoms with E-state index in [2.05, 4.69) is 4.74 Å². The number of esters is 1. The maximum absolute atomic E-state index is 11.2. The molecular formula is C7H14N2O2. The van der Waals surface area contributed by atoms with Crippen LogP contribution in [-0.2, 0) is 9.53 Å². The van der Waals surface area contributed by atoms with E-state index in [1.165, 1.54) is 7.11 Å². The summed E-state index contributed by atoms with van der Waals surface area (Å²) >= 11 is 0. The van der Waals surface area contributed by atoms with Crippen molar-refractivity contribution in [3.05, 3.63) is 0 Å². The lowest BCUT2D eigenvalue weighted by Crippen LogP contribution is -2.52. The van der Waals surface area contributed by atoms with Crippen molar-refractivity contribution in [3.8, 4) is 0 Å². The maximum atomic E-state index is 11.2. The predicted octanol–water partition coefficient (Wildman–Crippen LogP) is -0.112. The number of ether oxygens (including phenoxy) is 1. The zero-order valence-electron chi connectivity index (χ0n) is 6.96. The topological polar surface area (TPSA) is 55.6 Å². The average Bonchev–Trinajstić information content (AvgIpc) is 2.32. The van der Waals surface area contributed by atoms with Crippen LogP contribution in [0.5, 0.6) is 0 Å². The summed E-state index contributed by atoms with van der Waals surface area (Å²) in [5.41, 5.74) is -0.589. The van der Waals surface area contributed by atoms with Crippen molar-refractivity contribution in [2.45, 2.75) is 25.3 Å². The Hall–Kier alpha value is -0.610. The summed E-state index contributed by atoms with van der Waals surface area (Å²) in [6.07, 6.45) is 1.75. The monoisotopic (exact) mass is 158 g/mol. The molecule has 4 nitrogen and oxygen atoms in total. The molecule has 1 atom stereocenters. The lowest BCUT2D eigenvalue weighted by Gasteiger charge is -2.27. The third-order valence-corrected chi connectivity index (χ3v) is 2.32. The molecule has 0 aromatic carbocycles. The Morgan fingerprint density at radius 3 is 2.73 bits per heavy atom. The van der Waals surface area contributed by atoms with Gasteiger partial charge in [0.05, 0.1) is 7.11 Å². The van der Waals surface area contributed by atoms with Gasteiger partial charge >= 0.3 is 5.97 Å². The molecule has 1 unspecified atom stereocenters. The summed E-state index contributed by atoms with van der Waals surface area (Å²) in [5, 5.41) is 1.55. The number of hydrazine groups is 1. The first-order valence-electron chi connectivity index (χ1n) is 3.72. The molecule has 0 amide bonds. The Kier molecular flexibility index (Phi) is 2.15. The average molecular weight is 158 g/mol. The highest BCUT2D eigenvalue weighted by atomic mass is 16.5. The molecular weight excluding hydrogens is 144 g/mol. The molecule has 64 valence electrons. The number of methoxy groups -OCH3 is 1. The largest absolute Gasteiger partial charge is 0.468 e. The fraction of sp³-hybridized carbons (Fsp3) is 0.857. The summed E-state index contributed by atoms with van der Waals surface area (Å²) in [5.74, 6) is 5.38. The molecule has 0 aliphatic carbocycles. The smallest absolute Gasteiger partial charge is 0.327 e. The maximum Gasteiger partial charge on any atom is 0.327 e. The summed E-state index contributed by atoms with van der Waals surface area (Å²) in [4.78, 5) is 11.2. The molecule has 1 rings (SSSR count). The molecule has 0 radical (unpaired) electrons. The van der Waals surface area contributed by atoms with Gasteiger partial charge in [0.2, 0.25) is 0 Å². The Bertz CT molecular complexity index is 172.